The lowest BCUT2D eigenvalue weighted by molar-refractivity contribution is -0.118. The summed E-state index contributed by atoms with van der Waals surface area (Å²) in [4.78, 5) is 25.5. The molecule has 0 spiro atoms. The average Bonchev–Trinajstić information content (AvgIpc) is 3.30. The highest BCUT2D eigenvalue weighted by Crippen LogP contribution is 2.41. The third kappa shape index (κ3) is 5.06. The van der Waals surface area contributed by atoms with E-state index in [9.17, 15) is 14.0 Å². The fourth-order valence-electron chi connectivity index (χ4n) is 3.41. The number of nitrogens with two attached hydrogens (primary N) is 1. The van der Waals surface area contributed by atoms with E-state index in [2.05, 4.69) is 10.2 Å². The molecule has 8 heteroatoms. The zero-order valence-corrected chi connectivity index (χ0v) is 15.3. The quantitative estimate of drug-likeness (QED) is 0.782. The number of amides is 2. The fraction of sp³-hybridized carbons (Fsp3) is 0.529. The van der Waals surface area contributed by atoms with E-state index < -0.39 is 5.82 Å². The van der Waals surface area contributed by atoms with Crippen LogP contribution in [0.25, 0.3) is 0 Å². The van der Waals surface area contributed by atoms with Gasteiger partial charge in [-0.2, -0.15) is 0 Å². The molecule has 5 nitrogen and oxygen atoms in total. The van der Waals surface area contributed by atoms with Crippen LogP contribution in [-0.4, -0.2) is 42.4 Å². The summed E-state index contributed by atoms with van der Waals surface area (Å²) in [6.45, 7) is 2.16. The van der Waals surface area contributed by atoms with Crippen LogP contribution in [0.15, 0.2) is 18.2 Å². The van der Waals surface area contributed by atoms with Gasteiger partial charge in [-0.15, -0.1) is 12.4 Å². The van der Waals surface area contributed by atoms with Crippen molar-refractivity contribution in [1.29, 1.82) is 0 Å². The molecule has 1 aromatic rings. The largest absolute Gasteiger partial charge is 0.370 e. The van der Waals surface area contributed by atoms with E-state index in [1.165, 1.54) is 25.0 Å². The molecule has 2 aliphatic rings. The summed E-state index contributed by atoms with van der Waals surface area (Å²) in [5.74, 6) is -0.215. The highest BCUT2D eigenvalue weighted by molar-refractivity contribution is 6.30. The number of hydrogen-bond acceptors (Lipinski definition) is 3. The fourth-order valence-corrected chi connectivity index (χ4v) is 3.53. The van der Waals surface area contributed by atoms with Crippen LogP contribution in [0.1, 0.15) is 29.6 Å². The summed E-state index contributed by atoms with van der Waals surface area (Å²) < 4.78 is 13.5. The lowest BCUT2D eigenvalue weighted by atomic mass is 9.98. The maximum absolute atomic E-state index is 13.5. The van der Waals surface area contributed by atoms with Gasteiger partial charge in [-0.25, -0.2) is 4.39 Å². The molecular formula is C17H22Cl2FN3O2. The average molecular weight is 390 g/mol. The molecule has 1 aliphatic carbocycles. The van der Waals surface area contributed by atoms with Crippen molar-refractivity contribution in [3.8, 4) is 0 Å². The van der Waals surface area contributed by atoms with Crippen molar-refractivity contribution in [3.05, 3.63) is 34.6 Å². The summed E-state index contributed by atoms with van der Waals surface area (Å²) in [7, 11) is 0. The van der Waals surface area contributed by atoms with Gasteiger partial charge in [-0.3, -0.25) is 9.59 Å². The van der Waals surface area contributed by atoms with Crippen LogP contribution in [0.2, 0.25) is 5.02 Å². The van der Waals surface area contributed by atoms with Crippen molar-refractivity contribution in [2.24, 2.45) is 17.6 Å². The maximum Gasteiger partial charge on any atom is 0.251 e. The Balaban J connectivity index is 0.00000225. The Bertz CT molecular complexity index is 655. The Hall–Kier alpha value is -1.37. The Labute approximate surface area is 157 Å². The molecule has 0 radical (unpaired) electrons. The Morgan fingerprint density at radius 3 is 2.64 bits per heavy atom. The molecule has 1 saturated carbocycles. The van der Waals surface area contributed by atoms with Gasteiger partial charge in [-0.05, 0) is 42.9 Å². The van der Waals surface area contributed by atoms with Crippen molar-refractivity contribution in [3.63, 3.8) is 0 Å². The summed E-state index contributed by atoms with van der Waals surface area (Å²) in [5, 5.41) is 3.03. The lowest BCUT2D eigenvalue weighted by Gasteiger charge is -2.19. The van der Waals surface area contributed by atoms with Gasteiger partial charge in [-0.1, -0.05) is 11.6 Å². The van der Waals surface area contributed by atoms with Gasteiger partial charge in [0.2, 0.25) is 5.91 Å². The summed E-state index contributed by atoms with van der Waals surface area (Å²) >= 11 is 5.66. The van der Waals surface area contributed by atoms with Gasteiger partial charge in [0.05, 0.1) is 5.02 Å². The Morgan fingerprint density at radius 1 is 1.32 bits per heavy atom. The van der Waals surface area contributed by atoms with Gasteiger partial charge in [0.25, 0.3) is 5.91 Å². The first-order valence-corrected chi connectivity index (χ1v) is 8.58. The molecule has 1 heterocycles. The third-order valence-electron chi connectivity index (χ3n) is 4.84. The van der Waals surface area contributed by atoms with E-state index in [4.69, 9.17) is 17.3 Å². The van der Waals surface area contributed by atoms with Crippen molar-refractivity contribution in [2.75, 3.05) is 19.6 Å². The first-order valence-electron chi connectivity index (χ1n) is 8.20. The number of hydrogen-bond donors (Lipinski definition) is 2. The lowest BCUT2D eigenvalue weighted by Crippen LogP contribution is -2.41. The van der Waals surface area contributed by atoms with E-state index in [0.717, 1.165) is 12.6 Å². The number of nitrogens with zero attached hydrogens (tertiary/aromatic N) is 1. The third-order valence-corrected chi connectivity index (χ3v) is 5.15. The molecular weight excluding hydrogens is 368 g/mol. The number of likely N-dealkylation sites (tertiary alicyclic amines) is 1. The van der Waals surface area contributed by atoms with Gasteiger partial charge in [0, 0.05) is 37.7 Å². The standard InChI is InChI=1S/C17H21ClFN3O2.ClH/c18-13-4-3-11(7-14(13)19)17(24)21-15-9-22(6-5-16(20)23)8-12(15)10-1-2-10;/h3-4,7,10,12,15H,1-2,5-6,8-9H2,(H2,20,23)(H,21,24);1H/t12-,15+;/m1./s1. The predicted molar refractivity (Wildman–Crippen MR) is 96.4 cm³/mol. The molecule has 1 saturated heterocycles. The van der Waals surface area contributed by atoms with Crippen LogP contribution in [0, 0.1) is 17.7 Å². The molecule has 3 rings (SSSR count). The van der Waals surface area contributed by atoms with Gasteiger partial charge < -0.3 is 16.0 Å². The van der Waals surface area contributed by atoms with Crippen LogP contribution >= 0.6 is 24.0 Å². The van der Waals surface area contributed by atoms with Crippen molar-refractivity contribution >= 4 is 35.8 Å². The highest BCUT2D eigenvalue weighted by atomic mass is 35.5. The summed E-state index contributed by atoms with van der Waals surface area (Å²) in [5.41, 5.74) is 5.48. The van der Waals surface area contributed by atoms with Crippen LogP contribution in [0.4, 0.5) is 4.39 Å². The molecule has 0 unspecified atom stereocenters. The molecule has 2 fully saturated rings. The summed E-state index contributed by atoms with van der Waals surface area (Å²) in [6.07, 6.45) is 2.67. The van der Waals surface area contributed by atoms with Gasteiger partial charge in [0.1, 0.15) is 5.82 Å². The molecule has 0 bridgehead atoms. The van der Waals surface area contributed by atoms with E-state index >= 15 is 0 Å². The minimum atomic E-state index is -0.599. The number of carbonyl (C=O) groups excluding carboxylic acids is 2. The number of primary amides is 1. The summed E-state index contributed by atoms with van der Waals surface area (Å²) in [6, 6.07) is 4.07. The number of benzene rings is 1. The topological polar surface area (TPSA) is 75.4 Å². The predicted octanol–water partition coefficient (Wildman–Crippen LogP) is 2.22. The SMILES string of the molecule is Cl.NC(=O)CCN1C[C@H](NC(=O)c2ccc(Cl)c(F)c2)[C@@H](C2CC2)C1. The minimum absolute atomic E-state index is 0. The second-order valence-corrected chi connectivity index (χ2v) is 7.09. The van der Waals surface area contributed by atoms with Crippen molar-refractivity contribution in [1.82, 2.24) is 10.2 Å². The van der Waals surface area contributed by atoms with Crippen LogP contribution in [-0.2, 0) is 4.79 Å². The first kappa shape index (κ1) is 19.9. The maximum atomic E-state index is 13.5. The molecule has 1 aromatic carbocycles. The second kappa shape index (κ2) is 8.34. The molecule has 138 valence electrons. The number of halogens is 3. The van der Waals surface area contributed by atoms with Crippen LogP contribution in [0.5, 0.6) is 0 Å². The molecule has 2 atom stereocenters. The van der Waals surface area contributed by atoms with Gasteiger partial charge >= 0.3 is 0 Å². The van der Waals surface area contributed by atoms with E-state index in [1.807, 2.05) is 0 Å². The van der Waals surface area contributed by atoms with Crippen LogP contribution in [0.3, 0.4) is 0 Å². The highest BCUT2D eigenvalue weighted by Gasteiger charge is 2.42. The van der Waals surface area contributed by atoms with E-state index in [-0.39, 0.29) is 40.8 Å². The van der Waals surface area contributed by atoms with Gasteiger partial charge in [0.15, 0.2) is 0 Å². The number of carbonyl (C=O) groups is 2. The number of nitrogens with one attached hydrogen (secondary N) is 1. The smallest absolute Gasteiger partial charge is 0.251 e. The van der Waals surface area contributed by atoms with Crippen molar-refractivity contribution < 1.29 is 14.0 Å². The van der Waals surface area contributed by atoms with Crippen molar-refractivity contribution in [2.45, 2.75) is 25.3 Å². The molecule has 25 heavy (non-hydrogen) atoms. The zero-order chi connectivity index (χ0) is 17.3. The molecule has 0 aromatic heterocycles. The molecule has 2 amide bonds. The zero-order valence-electron chi connectivity index (χ0n) is 13.7. The Kier molecular flexibility index (Phi) is 6.65. The molecule has 3 N–H and O–H groups in total. The minimum Gasteiger partial charge on any atom is -0.370 e. The normalized spacial score (nSPS) is 23.1. The van der Waals surface area contributed by atoms with Crippen LogP contribution < -0.4 is 11.1 Å². The molecule has 1 aliphatic heterocycles. The second-order valence-electron chi connectivity index (χ2n) is 6.69. The van der Waals surface area contributed by atoms with E-state index in [1.54, 1.807) is 0 Å². The van der Waals surface area contributed by atoms with E-state index in [0.29, 0.717) is 31.3 Å². The number of rotatable bonds is 6. The Morgan fingerprint density at radius 2 is 2.04 bits per heavy atom. The first-order chi connectivity index (χ1) is 11.4. The monoisotopic (exact) mass is 389 g/mol.